The SMILES string of the molecule is NC1(C(=O)Nc2ncccn2)CCOC1. The van der Waals surface area contributed by atoms with Gasteiger partial charge in [-0.15, -0.1) is 0 Å². The number of nitrogens with two attached hydrogens (primary N) is 1. The summed E-state index contributed by atoms with van der Waals surface area (Å²) < 4.78 is 5.09. The smallest absolute Gasteiger partial charge is 0.249 e. The maximum atomic E-state index is 11.7. The summed E-state index contributed by atoms with van der Waals surface area (Å²) in [5.74, 6) is -0.0366. The van der Waals surface area contributed by atoms with Gasteiger partial charge < -0.3 is 10.5 Å². The van der Waals surface area contributed by atoms with Crippen molar-refractivity contribution in [3.05, 3.63) is 18.5 Å². The van der Waals surface area contributed by atoms with Crippen LogP contribution in [0.4, 0.5) is 5.95 Å². The molecule has 0 aromatic carbocycles. The molecular formula is C9H12N4O2. The third kappa shape index (κ3) is 2.11. The van der Waals surface area contributed by atoms with Gasteiger partial charge in [0, 0.05) is 19.0 Å². The molecule has 0 radical (unpaired) electrons. The molecule has 0 bridgehead atoms. The number of rotatable bonds is 2. The summed E-state index contributed by atoms with van der Waals surface area (Å²) in [6.45, 7) is 0.755. The number of nitrogens with zero attached hydrogens (tertiary/aromatic N) is 2. The Bertz CT molecular complexity index is 348. The number of carbonyl (C=O) groups excluding carboxylic acids is 1. The number of hydrogen-bond acceptors (Lipinski definition) is 5. The molecule has 1 aromatic rings. The number of aromatic nitrogens is 2. The Morgan fingerprint density at radius 3 is 2.87 bits per heavy atom. The first-order chi connectivity index (χ1) is 7.21. The fraction of sp³-hybridized carbons (Fsp3) is 0.444. The molecule has 0 spiro atoms. The van der Waals surface area contributed by atoms with Crippen LogP contribution in [0.5, 0.6) is 0 Å². The molecule has 1 aliphatic heterocycles. The van der Waals surface area contributed by atoms with Gasteiger partial charge >= 0.3 is 0 Å². The van der Waals surface area contributed by atoms with E-state index in [1.165, 1.54) is 0 Å². The van der Waals surface area contributed by atoms with E-state index in [4.69, 9.17) is 10.5 Å². The Morgan fingerprint density at radius 1 is 1.53 bits per heavy atom. The third-order valence-corrected chi connectivity index (χ3v) is 2.30. The fourth-order valence-electron chi connectivity index (χ4n) is 1.35. The number of ether oxygens (including phenoxy) is 1. The van der Waals surface area contributed by atoms with E-state index in [1.54, 1.807) is 18.5 Å². The lowest BCUT2D eigenvalue weighted by Gasteiger charge is -2.19. The van der Waals surface area contributed by atoms with E-state index in [2.05, 4.69) is 15.3 Å². The first-order valence-corrected chi connectivity index (χ1v) is 4.66. The van der Waals surface area contributed by atoms with E-state index < -0.39 is 5.54 Å². The summed E-state index contributed by atoms with van der Waals surface area (Å²) in [5, 5.41) is 2.56. The lowest BCUT2D eigenvalue weighted by molar-refractivity contribution is -0.121. The molecule has 2 heterocycles. The van der Waals surface area contributed by atoms with Crippen LogP contribution in [0.3, 0.4) is 0 Å². The van der Waals surface area contributed by atoms with Crippen molar-refractivity contribution in [2.45, 2.75) is 12.0 Å². The van der Waals surface area contributed by atoms with E-state index in [0.717, 1.165) is 0 Å². The standard InChI is InChI=1S/C9H12N4O2/c10-9(2-5-15-6-9)7(14)13-8-11-3-1-4-12-8/h1,3-4H,2,5-6,10H2,(H,11,12,13,14). The van der Waals surface area contributed by atoms with Gasteiger partial charge in [-0.1, -0.05) is 0 Å². The van der Waals surface area contributed by atoms with Gasteiger partial charge in [-0.3, -0.25) is 10.1 Å². The zero-order valence-electron chi connectivity index (χ0n) is 8.14. The Morgan fingerprint density at radius 2 is 2.27 bits per heavy atom. The third-order valence-electron chi connectivity index (χ3n) is 2.30. The van der Waals surface area contributed by atoms with Gasteiger partial charge in [0.25, 0.3) is 0 Å². The van der Waals surface area contributed by atoms with Crippen LogP contribution in [0.15, 0.2) is 18.5 Å². The van der Waals surface area contributed by atoms with E-state index in [9.17, 15) is 4.79 Å². The average Bonchev–Trinajstić information content (AvgIpc) is 2.68. The Hall–Kier alpha value is -1.53. The van der Waals surface area contributed by atoms with Crippen molar-refractivity contribution in [2.24, 2.45) is 5.73 Å². The first kappa shape index (κ1) is 10.0. The van der Waals surface area contributed by atoms with Gasteiger partial charge in [-0.05, 0) is 12.5 Å². The topological polar surface area (TPSA) is 90.1 Å². The fourth-order valence-corrected chi connectivity index (χ4v) is 1.35. The van der Waals surface area contributed by atoms with Crippen LogP contribution < -0.4 is 11.1 Å². The van der Waals surface area contributed by atoms with E-state index in [1.807, 2.05) is 0 Å². The van der Waals surface area contributed by atoms with Crippen LogP contribution >= 0.6 is 0 Å². The van der Waals surface area contributed by atoms with Gasteiger partial charge in [0.15, 0.2) is 0 Å². The molecular weight excluding hydrogens is 196 g/mol. The second-order valence-electron chi connectivity index (χ2n) is 3.49. The van der Waals surface area contributed by atoms with Crippen molar-refractivity contribution in [3.8, 4) is 0 Å². The zero-order valence-corrected chi connectivity index (χ0v) is 8.14. The van der Waals surface area contributed by atoms with Gasteiger partial charge in [0.2, 0.25) is 11.9 Å². The summed E-state index contributed by atoms with van der Waals surface area (Å²) in [5.41, 5.74) is 4.91. The summed E-state index contributed by atoms with van der Waals surface area (Å²) in [6, 6.07) is 1.67. The molecule has 1 unspecified atom stereocenters. The monoisotopic (exact) mass is 208 g/mol. The zero-order chi connectivity index (χ0) is 10.7. The highest BCUT2D eigenvalue weighted by Gasteiger charge is 2.38. The van der Waals surface area contributed by atoms with Crippen LogP contribution in [-0.2, 0) is 9.53 Å². The summed E-state index contributed by atoms with van der Waals surface area (Å²) in [4.78, 5) is 19.5. The molecule has 0 saturated carbocycles. The Balaban J connectivity index is 2.04. The molecule has 1 fully saturated rings. The molecule has 6 nitrogen and oxygen atoms in total. The number of amides is 1. The van der Waals surface area contributed by atoms with Crippen molar-refractivity contribution < 1.29 is 9.53 Å². The number of carbonyl (C=O) groups is 1. The molecule has 0 aliphatic carbocycles. The average molecular weight is 208 g/mol. The predicted octanol–water partition coefficient (Wildman–Crippen LogP) is -0.467. The Labute approximate surface area is 86.9 Å². The van der Waals surface area contributed by atoms with E-state index in [-0.39, 0.29) is 18.5 Å². The first-order valence-electron chi connectivity index (χ1n) is 4.66. The highest BCUT2D eigenvalue weighted by molar-refractivity contribution is 5.97. The maximum absolute atomic E-state index is 11.7. The number of anilines is 1. The minimum absolute atomic E-state index is 0.242. The summed E-state index contributed by atoms with van der Waals surface area (Å²) >= 11 is 0. The highest BCUT2D eigenvalue weighted by atomic mass is 16.5. The minimum atomic E-state index is -0.945. The molecule has 3 N–H and O–H groups in total. The second-order valence-corrected chi connectivity index (χ2v) is 3.49. The van der Waals surface area contributed by atoms with Crippen LogP contribution in [0.1, 0.15) is 6.42 Å². The molecule has 1 atom stereocenters. The normalized spacial score (nSPS) is 25.1. The molecule has 1 aliphatic rings. The van der Waals surface area contributed by atoms with Crippen LogP contribution in [0.25, 0.3) is 0 Å². The van der Waals surface area contributed by atoms with E-state index >= 15 is 0 Å². The van der Waals surface area contributed by atoms with Gasteiger partial charge in [0.05, 0.1) is 6.61 Å². The number of nitrogens with one attached hydrogen (secondary N) is 1. The second kappa shape index (κ2) is 3.92. The van der Waals surface area contributed by atoms with Gasteiger partial charge in [-0.25, -0.2) is 9.97 Å². The maximum Gasteiger partial charge on any atom is 0.249 e. The summed E-state index contributed by atoms with van der Waals surface area (Å²) in [7, 11) is 0. The van der Waals surface area contributed by atoms with Crippen LogP contribution in [0.2, 0.25) is 0 Å². The van der Waals surface area contributed by atoms with Crippen LogP contribution in [-0.4, -0.2) is 34.6 Å². The largest absolute Gasteiger partial charge is 0.379 e. The van der Waals surface area contributed by atoms with Crippen molar-refractivity contribution in [3.63, 3.8) is 0 Å². The molecule has 6 heteroatoms. The molecule has 1 aromatic heterocycles. The lowest BCUT2D eigenvalue weighted by Crippen LogP contribution is -2.51. The highest BCUT2D eigenvalue weighted by Crippen LogP contribution is 2.16. The van der Waals surface area contributed by atoms with Crippen molar-refractivity contribution in [1.82, 2.24) is 9.97 Å². The number of hydrogen-bond donors (Lipinski definition) is 2. The van der Waals surface area contributed by atoms with Crippen LogP contribution in [0, 0.1) is 0 Å². The molecule has 15 heavy (non-hydrogen) atoms. The van der Waals surface area contributed by atoms with Crippen molar-refractivity contribution >= 4 is 11.9 Å². The van der Waals surface area contributed by atoms with E-state index in [0.29, 0.717) is 13.0 Å². The lowest BCUT2D eigenvalue weighted by atomic mass is 9.99. The quantitative estimate of drug-likeness (QED) is 0.686. The Kier molecular flexibility index (Phi) is 2.61. The van der Waals surface area contributed by atoms with Gasteiger partial charge in [0.1, 0.15) is 5.54 Å². The minimum Gasteiger partial charge on any atom is -0.379 e. The predicted molar refractivity (Wildman–Crippen MR) is 53.0 cm³/mol. The molecule has 1 saturated heterocycles. The molecule has 2 rings (SSSR count). The van der Waals surface area contributed by atoms with Gasteiger partial charge in [-0.2, -0.15) is 0 Å². The summed E-state index contributed by atoms with van der Waals surface area (Å²) in [6.07, 6.45) is 3.62. The van der Waals surface area contributed by atoms with Crippen molar-refractivity contribution in [1.29, 1.82) is 0 Å². The molecule has 1 amide bonds. The van der Waals surface area contributed by atoms with Crippen molar-refractivity contribution in [2.75, 3.05) is 18.5 Å². The molecule has 80 valence electrons.